The van der Waals surface area contributed by atoms with Gasteiger partial charge in [0.25, 0.3) is 11.8 Å². The van der Waals surface area contributed by atoms with Crippen LogP contribution in [-0.4, -0.2) is 56.5 Å². The highest BCUT2D eigenvalue weighted by Gasteiger charge is 2.28. The summed E-state index contributed by atoms with van der Waals surface area (Å²) in [5.41, 5.74) is 2.71. The van der Waals surface area contributed by atoms with E-state index in [0.717, 1.165) is 36.8 Å². The number of amides is 2. The maximum Gasteiger partial charge on any atom is 0.312 e. The number of hydrogen-bond donors (Lipinski definition) is 4. The maximum absolute atomic E-state index is 12.6. The van der Waals surface area contributed by atoms with Gasteiger partial charge in [-0.25, -0.2) is 9.97 Å². The molecule has 1 aliphatic rings. The first-order valence-electron chi connectivity index (χ1n) is 16.6. The van der Waals surface area contributed by atoms with Crippen molar-refractivity contribution in [1.29, 1.82) is 0 Å². The number of carbonyl (C=O) groups excluding carboxylic acids is 2. The number of nitrogens with zero attached hydrogens (tertiary/aromatic N) is 2. The Labute approximate surface area is 318 Å². The molecule has 270 valence electrons. The minimum Gasteiger partial charge on any atom is -0.481 e. The number of halogens is 2. The molecule has 0 radical (unpaired) electrons. The largest absolute Gasteiger partial charge is 0.481 e. The first kappa shape index (κ1) is 38.6. The summed E-state index contributed by atoms with van der Waals surface area (Å²) in [4.78, 5) is 56.4. The molecule has 52 heavy (non-hydrogen) atoms. The van der Waals surface area contributed by atoms with E-state index in [0.29, 0.717) is 31.3 Å². The van der Waals surface area contributed by atoms with Crippen LogP contribution >= 0.6 is 45.9 Å². The fourth-order valence-corrected chi connectivity index (χ4v) is 8.13. The summed E-state index contributed by atoms with van der Waals surface area (Å²) < 4.78 is 0. The van der Waals surface area contributed by atoms with Gasteiger partial charge in [-0.15, -0.1) is 22.7 Å². The van der Waals surface area contributed by atoms with Crippen LogP contribution in [0.4, 0.5) is 0 Å². The van der Waals surface area contributed by atoms with Gasteiger partial charge in [0.15, 0.2) is 0 Å². The van der Waals surface area contributed by atoms with E-state index >= 15 is 0 Å². The van der Waals surface area contributed by atoms with Crippen LogP contribution in [0.5, 0.6) is 0 Å². The Morgan fingerprint density at radius 3 is 1.77 bits per heavy atom. The molecule has 1 saturated carbocycles. The van der Waals surface area contributed by atoms with Gasteiger partial charge in [0.2, 0.25) is 0 Å². The number of aromatic nitrogens is 2. The van der Waals surface area contributed by atoms with Gasteiger partial charge in [-0.3, -0.25) is 19.2 Å². The zero-order valence-corrected chi connectivity index (χ0v) is 31.0. The third-order valence-corrected chi connectivity index (χ3v) is 11.0. The molecule has 2 atom stereocenters. The number of rotatable bonds is 12. The van der Waals surface area contributed by atoms with E-state index in [1.165, 1.54) is 29.1 Å². The van der Waals surface area contributed by atoms with Crippen molar-refractivity contribution in [1.82, 2.24) is 20.6 Å². The van der Waals surface area contributed by atoms with Gasteiger partial charge in [-0.05, 0) is 36.5 Å². The molecule has 1 fully saturated rings. The first-order chi connectivity index (χ1) is 25.1. The normalized spacial score (nSPS) is 14.0. The summed E-state index contributed by atoms with van der Waals surface area (Å²) in [7, 11) is 0. The Bertz CT molecular complexity index is 2000. The molecule has 14 heteroatoms. The van der Waals surface area contributed by atoms with Crippen LogP contribution in [0.1, 0.15) is 71.0 Å². The number of aliphatic carboxylic acids is 2. The summed E-state index contributed by atoms with van der Waals surface area (Å²) in [6.07, 6.45) is 5.21. The fraction of sp³-hybridized carbons (Fsp3) is 0.263. The zero-order chi connectivity index (χ0) is 37.0. The lowest BCUT2D eigenvalue weighted by molar-refractivity contribution is -0.139. The highest BCUT2D eigenvalue weighted by molar-refractivity contribution is 7.13. The van der Waals surface area contributed by atoms with Crippen LogP contribution in [0.2, 0.25) is 10.0 Å². The van der Waals surface area contributed by atoms with Crippen LogP contribution < -0.4 is 10.6 Å². The first-order valence-corrected chi connectivity index (χ1v) is 19.1. The smallest absolute Gasteiger partial charge is 0.312 e. The van der Waals surface area contributed by atoms with Crippen molar-refractivity contribution in [2.75, 3.05) is 6.54 Å². The number of carbonyl (C=O) groups is 4. The van der Waals surface area contributed by atoms with Crippen molar-refractivity contribution in [2.24, 2.45) is 5.92 Å². The third kappa shape index (κ3) is 10.5. The molecule has 6 rings (SSSR count). The fourth-order valence-electron chi connectivity index (χ4n) is 5.89. The van der Waals surface area contributed by atoms with Crippen molar-refractivity contribution in [2.45, 2.75) is 50.5 Å². The lowest BCUT2D eigenvalue weighted by Crippen LogP contribution is -2.42. The standard InChI is InChI=1S/C19H15ClN2O3S.C19H21ClN2O3S/c20-15-9-5-4-8-13(15)18-22-16(11-26-18)17(23)21-10-14(19(24)25)12-6-2-1-3-7-12;20-14-9-5-4-8-13(14)19-22-16(11-26-19)18(25)21-15(10-17(23)24)12-6-2-1-3-7-12/h1-9,11,14H,10H2,(H,21,23)(H,24,25);4-5,8-9,11-12,15H,1-3,6-7,10H2,(H,21,25)(H,23,24). The van der Waals surface area contributed by atoms with Crippen LogP contribution in [-0.2, 0) is 9.59 Å². The third-order valence-electron chi connectivity index (χ3n) is 8.58. The van der Waals surface area contributed by atoms with Crippen LogP contribution in [0, 0.1) is 5.92 Å². The van der Waals surface area contributed by atoms with Crippen molar-refractivity contribution >= 4 is 69.6 Å². The predicted molar refractivity (Wildman–Crippen MR) is 204 cm³/mol. The summed E-state index contributed by atoms with van der Waals surface area (Å²) in [5, 5.41) is 29.9. The monoisotopic (exact) mass is 778 g/mol. The van der Waals surface area contributed by atoms with Crippen molar-refractivity contribution < 1.29 is 29.4 Å². The quantitative estimate of drug-likeness (QED) is 0.0980. The highest BCUT2D eigenvalue weighted by Crippen LogP contribution is 2.32. The molecule has 5 aromatic rings. The van der Waals surface area contributed by atoms with Gasteiger partial charge in [-0.2, -0.15) is 0 Å². The minimum atomic E-state index is -0.994. The van der Waals surface area contributed by atoms with Crippen LogP contribution in [0.25, 0.3) is 21.1 Å². The zero-order valence-electron chi connectivity index (χ0n) is 27.8. The second-order valence-electron chi connectivity index (χ2n) is 12.1. The van der Waals surface area contributed by atoms with E-state index in [2.05, 4.69) is 20.6 Å². The van der Waals surface area contributed by atoms with E-state index in [-0.39, 0.29) is 36.5 Å². The summed E-state index contributed by atoms with van der Waals surface area (Å²) in [6, 6.07) is 23.1. The van der Waals surface area contributed by atoms with E-state index in [1.807, 2.05) is 42.5 Å². The summed E-state index contributed by atoms with van der Waals surface area (Å²) in [6.45, 7) is -0.0167. The summed E-state index contributed by atoms with van der Waals surface area (Å²) >= 11 is 15.0. The number of carboxylic acids is 2. The minimum absolute atomic E-state index is 0.0167. The Kier molecular flexibility index (Phi) is 13.9. The van der Waals surface area contributed by atoms with E-state index in [4.69, 9.17) is 23.2 Å². The molecule has 0 bridgehead atoms. The van der Waals surface area contributed by atoms with Crippen molar-refractivity contribution in [3.8, 4) is 21.1 Å². The van der Waals surface area contributed by atoms with Gasteiger partial charge in [0, 0.05) is 34.5 Å². The Morgan fingerprint density at radius 2 is 1.25 bits per heavy atom. The molecule has 0 spiro atoms. The van der Waals surface area contributed by atoms with Gasteiger partial charge in [0.05, 0.1) is 22.4 Å². The van der Waals surface area contributed by atoms with Gasteiger partial charge in [-0.1, -0.05) is 109 Å². The summed E-state index contributed by atoms with van der Waals surface area (Å²) in [5.74, 6) is -3.23. The number of benzene rings is 3. The second-order valence-corrected chi connectivity index (χ2v) is 14.7. The average molecular weight is 780 g/mol. The van der Waals surface area contributed by atoms with E-state index in [9.17, 15) is 29.4 Å². The number of carboxylic acid groups (broad SMARTS) is 2. The maximum atomic E-state index is 12.6. The van der Waals surface area contributed by atoms with E-state index < -0.39 is 23.8 Å². The molecule has 2 aromatic heterocycles. The number of nitrogens with one attached hydrogen (secondary N) is 2. The second kappa shape index (κ2) is 18.7. The molecule has 4 N–H and O–H groups in total. The van der Waals surface area contributed by atoms with Gasteiger partial charge < -0.3 is 20.8 Å². The SMILES string of the molecule is O=C(NCC(C(=O)O)c1ccccc1)c1csc(-c2ccccc2Cl)n1.O=C(O)CC(NC(=O)c1csc(-c2ccccc2Cl)n1)C1CCCCC1. The Morgan fingerprint density at radius 1 is 0.731 bits per heavy atom. The van der Waals surface area contributed by atoms with Crippen molar-refractivity contribution in [3.63, 3.8) is 0 Å². The molecule has 0 aliphatic heterocycles. The van der Waals surface area contributed by atoms with Gasteiger partial charge >= 0.3 is 11.9 Å². The molecular formula is C38H36Cl2N4O6S2. The molecule has 2 unspecified atom stereocenters. The lowest BCUT2D eigenvalue weighted by atomic mass is 9.82. The van der Waals surface area contributed by atoms with Crippen LogP contribution in [0.15, 0.2) is 89.6 Å². The van der Waals surface area contributed by atoms with Crippen LogP contribution in [0.3, 0.4) is 0 Å². The number of thiazole rings is 2. The molecule has 2 amide bonds. The molecule has 0 saturated heterocycles. The molecular weight excluding hydrogens is 743 g/mol. The molecule has 2 heterocycles. The van der Waals surface area contributed by atoms with Crippen molar-refractivity contribution in [3.05, 3.63) is 117 Å². The molecule has 1 aliphatic carbocycles. The predicted octanol–water partition coefficient (Wildman–Crippen LogP) is 8.68. The molecule has 10 nitrogen and oxygen atoms in total. The number of hydrogen-bond acceptors (Lipinski definition) is 8. The Hall–Kier alpha value is -4.62. The lowest BCUT2D eigenvalue weighted by Gasteiger charge is -2.29. The van der Waals surface area contributed by atoms with E-state index in [1.54, 1.807) is 47.2 Å². The van der Waals surface area contributed by atoms with Gasteiger partial charge in [0.1, 0.15) is 21.4 Å². The average Bonchev–Trinajstić information content (AvgIpc) is 3.84. The molecule has 3 aromatic carbocycles. The topological polar surface area (TPSA) is 159 Å². The highest BCUT2D eigenvalue weighted by atomic mass is 35.5. The Balaban J connectivity index is 0.000000201.